The summed E-state index contributed by atoms with van der Waals surface area (Å²) in [5, 5.41) is 0. The molecule has 0 aromatic carbocycles. The molecule has 0 spiro atoms. The molecule has 0 aromatic heterocycles. The molecule has 3 nitrogen and oxygen atoms in total. The van der Waals surface area contributed by atoms with Crippen molar-refractivity contribution in [1.29, 1.82) is 0 Å². The van der Waals surface area contributed by atoms with E-state index in [1.54, 1.807) is 6.92 Å². The van der Waals surface area contributed by atoms with Gasteiger partial charge in [-0.05, 0) is 86.4 Å². The van der Waals surface area contributed by atoms with Gasteiger partial charge in [0.15, 0.2) is 5.78 Å². The summed E-state index contributed by atoms with van der Waals surface area (Å²) in [7, 11) is 0. The maximum Gasteiger partial charge on any atom is 0.155 e. The van der Waals surface area contributed by atoms with Gasteiger partial charge in [-0.2, -0.15) is 0 Å². The van der Waals surface area contributed by atoms with E-state index >= 15 is 0 Å². The molecule has 0 aromatic rings. The highest BCUT2D eigenvalue weighted by Crippen LogP contribution is 2.66. The van der Waals surface area contributed by atoms with Gasteiger partial charge < -0.3 is 4.74 Å². The number of carbonyl (C=O) groups excluding carboxylic acids is 2. The average Bonchev–Trinajstić information content (AvgIpc) is 2.90. The molecule has 0 unspecified atom stereocenters. The van der Waals surface area contributed by atoms with Crippen LogP contribution in [0.2, 0.25) is 0 Å². The van der Waals surface area contributed by atoms with Crippen molar-refractivity contribution in [3.05, 3.63) is 0 Å². The zero-order valence-electron chi connectivity index (χ0n) is 16.2. The maximum absolute atomic E-state index is 12.0. The lowest BCUT2D eigenvalue weighted by Crippen LogP contribution is -2.54. The van der Waals surface area contributed by atoms with Crippen LogP contribution in [-0.2, 0) is 14.3 Å². The van der Waals surface area contributed by atoms with E-state index in [1.807, 2.05) is 0 Å². The summed E-state index contributed by atoms with van der Waals surface area (Å²) >= 11 is 0. The Morgan fingerprint density at radius 3 is 2.56 bits per heavy atom. The highest BCUT2D eigenvalue weighted by Gasteiger charge is 2.60. The van der Waals surface area contributed by atoms with Crippen molar-refractivity contribution in [2.75, 3.05) is 6.61 Å². The largest absolute Gasteiger partial charge is 0.370 e. The summed E-state index contributed by atoms with van der Waals surface area (Å²) < 4.78 is 6.07. The van der Waals surface area contributed by atoms with Crippen LogP contribution in [-0.4, -0.2) is 24.3 Å². The third-order valence-corrected chi connectivity index (χ3v) is 8.88. The van der Waals surface area contributed by atoms with Crippen LogP contribution in [0.1, 0.15) is 78.6 Å². The van der Waals surface area contributed by atoms with E-state index in [0.717, 1.165) is 43.4 Å². The van der Waals surface area contributed by atoms with Crippen molar-refractivity contribution in [1.82, 2.24) is 0 Å². The Morgan fingerprint density at radius 1 is 1.04 bits per heavy atom. The Kier molecular flexibility index (Phi) is 4.38. The molecule has 0 heterocycles. The third kappa shape index (κ3) is 2.72. The predicted octanol–water partition coefficient (Wildman–Crippen LogP) is 4.57. The van der Waals surface area contributed by atoms with Crippen molar-refractivity contribution in [3.8, 4) is 0 Å². The first-order valence-electron chi connectivity index (χ1n) is 10.5. The smallest absolute Gasteiger partial charge is 0.155 e. The van der Waals surface area contributed by atoms with E-state index in [4.69, 9.17) is 4.74 Å². The van der Waals surface area contributed by atoms with Crippen molar-refractivity contribution < 1.29 is 14.3 Å². The minimum absolute atomic E-state index is 0.139. The first-order valence-corrected chi connectivity index (χ1v) is 10.5. The second-order valence-corrected chi connectivity index (χ2v) is 10.0. The average molecular weight is 347 g/mol. The van der Waals surface area contributed by atoms with Crippen LogP contribution in [0.4, 0.5) is 0 Å². The van der Waals surface area contributed by atoms with Crippen molar-refractivity contribution in [3.63, 3.8) is 0 Å². The van der Waals surface area contributed by atoms with Crippen molar-refractivity contribution >= 4 is 11.6 Å². The first-order chi connectivity index (χ1) is 11.8. The Bertz CT molecular complexity index is 570. The van der Waals surface area contributed by atoms with Crippen LogP contribution in [0, 0.1) is 34.5 Å². The summed E-state index contributed by atoms with van der Waals surface area (Å²) in [5.41, 5.74) is 0.640. The van der Waals surface area contributed by atoms with Crippen LogP contribution in [0.25, 0.3) is 0 Å². The Labute approximate surface area is 152 Å². The third-order valence-electron chi connectivity index (χ3n) is 8.88. The topological polar surface area (TPSA) is 43.4 Å². The van der Waals surface area contributed by atoms with E-state index in [9.17, 15) is 9.59 Å². The number of rotatable bonds is 3. The highest BCUT2D eigenvalue weighted by atomic mass is 16.5. The van der Waals surface area contributed by atoms with E-state index in [0.29, 0.717) is 17.1 Å². The molecule has 0 aliphatic heterocycles. The minimum Gasteiger partial charge on any atom is -0.370 e. The summed E-state index contributed by atoms with van der Waals surface area (Å²) in [4.78, 5) is 23.3. The molecule has 0 radical (unpaired) electrons. The summed E-state index contributed by atoms with van der Waals surface area (Å²) in [5.74, 6) is 3.62. The van der Waals surface area contributed by atoms with E-state index in [-0.39, 0.29) is 23.9 Å². The monoisotopic (exact) mass is 346 g/mol. The first kappa shape index (κ1) is 17.7. The molecule has 7 atom stereocenters. The molecule has 140 valence electrons. The fourth-order valence-corrected chi connectivity index (χ4v) is 7.49. The summed E-state index contributed by atoms with van der Waals surface area (Å²) in [6.07, 6.45) is 10.5. The number of fused-ring (bicyclic) bond motifs is 5. The highest BCUT2D eigenvalue weighted by molar-refractivity contribution is 5.79. The van der Waals surface area contributed by atoms with Gasteiger partial charge in [0.1, 0.15) is 12.4 Å². The standard InChI is InChI=1S/C22H34O3/c1-14(23)13-25-20-7-6-18-17-5-4-15-12-16(24)8-10-21(15,2)19(17)9-11-22(18,20)3/h15,17-20H,4-13H2,1-3H3/t15-,17-,18-,19-,20-,21-,22-/m0/s1. The summed E-state index contributed by atoms with van der Waals surface area (Å²) in [6.45, 7) is 6.84. The number of ether oxygens (including phenoxy) is 1. The second kappa shape index (κ2) is 6.18. The molecule has 0 N–H and O–H groups in total. The SMILES string of the molecule is CC(=O)CO[C@H]1CC[C@H]2[C@@H]3CC[C@H]4CC(=O)CC[C@]4(C)[C@H]3CC[C@]12C. The molecule has 4 saturated carbocycles. The van der Waals surface area contributed by atoms with Crippen LogP contribution in [0.15, 0.2) is 0 Å². The molecule has 3 heteroatoms. The fraction of sp³-hybridized carbons (Fsp3) is 0.909. The minimum atomic E-state index is 0.139. The van der Waals surface area contributed by atoms with Gasteiger partial charge in [0.05, 0.1) is 6.10 Å². The van der Waals surface area contributed by atoms with Crippen LogP contribution < -0.4 is 0 Å². The fourth-order valence-electron chi connectivity index (χ4n) is 7.49. The van der Waals surface area contributed by atoms with E-state index in [1.165, 1.54) is 32.1 Å². The van der Waals surface area contributed by atoms with Crippen molar-refractivity contribution in [2.45, 2.75) is 84.7 Å². The Balaban J connectivity index is 1.54. The molecule has 4 fully saturated rings. The molecular formula is C22H34O3. The lowest BCUT2D eigenvalue weighted by Gasteiger charge is -2.60. The zero-order chi connectivity index (χ0) is 17.8. The molecule has 0 saturated heterocycles. The molecule has 25 heavy (non-hydrogen) atoms. The van der Waals surface area contributed by atoms with Gasteiger partial charge in [-0.1, -0.05) is 13.8 Å². The van der Waals surface area contributed by atoms with Gasteiger partial charge in [0.2, 0.25) is 0 Å². The molecule has 4 rings (SSSR count). The predicted molar refractivity (Wildman–Crippen MR) is 97.2 cm³/mol. The molecule has 4 aliphatic carbocycles. The summed E-state index contributed by atoms with van der Waals surface area (Å²) in [6, 6.07) is 0. The number of hydrogen-bond donors (Lipinski definition) is 0. The number of Topliss-reactive ketones (excluding diaryl/α,β-unsaturated/α-hetero) is 2. The van der Waals surface area contributed by atoms with Crippen molar-refractivity contribution in [2.24, 2.45) is 34.5 Å². The Morgan fingerprint density at radius 2 is 1.80 bits per heavy atom. The molecular weight excluding hydrogens is 312 g/mol. The number of ketones is 2. The lowest BCUT2D eigenvalue weighted by atomic mass is 9.45. The quantitative estimate of drug-likeness (QED) is 0.751. The second-order valence-electron chi connectivity index (χ2n) is 10.0. The van der Waals surface area contributed by atoms with Gasteiger partial charge in [-0.3, -0.25) is 9.59 Å². The van der Waals surface area contributed by atoms with Gasteiger partial charge in [0.25, 0.3) is 0 Å². The van der Waals surface area contributed by atoms with Gasteiger partial charge in [-0.15, -0.1) is 0 Å². The lowest BCUT2D eigenvalue weighted by molar-refractivity contribution is -0.147. The number of carbonyl (C=O) groups is 2. The maximum atomic E-state index is 12.0. The van der Waals surface area contributed by atoms with E-state index < -0.39 is 0 Å². The normalized spacial score (nSPS) is 49.2. The van der Waals surface area contributed by atoms with Crippen LogP contribution in [0.5, 0.6) is 0 Å². The molecule has 4 aliphatic rings. The Hall–Kier alpha value is -0.700. The molecule has 0 amide bonds. The number of hydrogen-bond acceptors (Lipinski definition) is 3. The zero-order valence-corrected chi connectivity index (χ0v) is 16.2. The van der Waals surface area contributed by atoms with Gasteiger partial charge in [0, 0.05) is 12.8 Å². The van der Waals surface area contributed by atoms with Crippen LogP contribution in [0.3, 0.4) is 0 Å². The van der Waals surface area contributed by atoms with Gasteiger partial charge >= 0.3 is 0 Å². The van der Waals surface area contributed by atoms with E-state index in [2.05, 4.69) is 13.8 Å². The molecule has 0 bridgehead atoms. The van der Waals surface area contributed by atoms with Crippen LogP contribution >= 0.6 is 0 Å². The van der Waals surface area contributed by atoms with Gasteiger partial charge in [-0.25, -0.2) is 0 Å².